The fourth-order valence-corrected chi connectivity index (χ4v) is 2.33. The Morgan fingerprint density at radius 2 is 1.95 bits per heavy atom. The Labute approximate surface area is 109 Å². The lowest BCUT2D eigenvalue weighted by Gasteiger charge is -2.15. The van der Waals surface area contributed by atoms with Crippen LogP contribution in [0.1, 0.15) is 24.5 Å². The summed E-state index contributed by atoms with van der Waals surface area (Å²) in [6.45, 7) is 1.14. The summed E-state index contributed by atoms with van der Waals surface area (Å²) in [5.74, 6) is 0.478. The topological polar surface area (TPSA) is 42.7 Å². The molecular weight excluding hydrogens is 250 g/mol. The Morgan fingerprint density at radius 1 is 1.16 bits per heavy atom. The number of fused-ring (bicyclic) bond motifs is 1. The summed E-state index contributed by atoms with van der Waals surface area (Å²) in [7, 11) is 0. The van der Waals surface area contributed by atoms with E-state index in [1.807, 2.05) is 4.57 Å². The van der Waals surface area contributed by atoms with E-state index >= 15 is 0 Å². The Hall–Kier alpha value is -1.98. The average molecular weight is 264 g/mol. The summed E-state index contributed by atoms with van der Waals surface area (Å²) in [5.41, 5.74) is -0.115. The molecule has 2 aromatic rings. The van der Waals surface area contributed by atoms with Gasteiger partial charge in [-0.15, -0.1) is 10.2 Å². The highest BCUT2D eigenvalue weighted by Crippen LogP contribution is 2.20. The molecule has 3 rings (SSSR count). The molecular formula is C13H14F2N4. The highest BCUT2D eigenvalue weighted by Gasteiger charge is 2.16. The Kier molecular flexibility index (Phi) is 3.15. The second kappa shape index (κ2) is 4.95. The van der Waals surface area contributed by atoms with Crippen LogP contribution in [0.15, 0.2) is 18.2 Å². The third-order valence-electron chi connectivity index (χ3n) is 3.32. The Bertz CT molecular complexity index is 574. The predicted molar refractivity (Wildman–Crippen MR) is 66.6 cm³/mol. The van der Waals surface area contributed by atoms with E-state index < -0.39 is 11.6 Å². The van der Waals surface area contributed by atoms with Crippen molar-refractivity contribution in [3.05, 3.63) is 41.5 Å². The second-order valence-electron chi connectivity index (χ2n) is 4.59. The molecule has 0 amide bonds. The lowest BCUT2D eigenvalue weighted by molar-refractivity contribution is 0.509. The molecule has 1 N–H and O–H groups in total. The first-order valence-electron chi connectivity index (χ1n) is 6.34. The van der Waals surface area contributed by atoms with Gasteiger partial charge in [-0.2, -0.15) is 0 Å². The van der Waals surface area contributed by atoms with Crippen molar-refractivity contribution in [1.29, 1.82) is 0 Å². The maximum absolute atomic E-state index is 13.5. The first-order chi connectivity index (χ1) is 9.25. The minimum Gasteiger partial charge on any atom is -0.373 e. The van der Waals surface area contributed by atoms with Crippen molar-refractivity contribution in [3.8, 4) is 0 Å². The first kappa shape index (κ1) is 12.1. The van der Waals surface area contributed by atoms with Gasteiger partial charge in [0.25, 0.3) is 0 Å². The van der Waals surface area contributed by atoms with Gasteiger partial charge >= 0.3 is 0 Å². The molecule has 4 nitrogen and oxygen atoms in total. The van der Waals surface area contributed by atoms with Crippen LogP contribution >= 0.6 is 0 Å². The minimum absolute atomic E-state index is 0.115. The van der Waals surface area contributed by atoms with Crippen LogP contribution in [-0.2, 0) is 19.5 Å². The van der Waals surface area contributed by atoms with E-state index in [1.54, 1.807) is 0 Å². The van der Waals surface area contributed by atoms with Crippen molar-refractivity contribution in [3.63, 3.8) is 0 Å². The van der Waals surface area contributed by atoms with E-state index in [4.69, 9.17) is 0 Å². The molecule has 0 fully saturated rings. The van der Waals surface area contributed by atoms with E-state index in [0.717, 1.165) is 37.5 Å². The summed E-state index contributed by atoms with van der Waals surface area (Å²) in [6.07, 6.45) is 3.13. The summed E-state index contributed by atoms with van der Waals surface area (Å²) in [6, 6.07) is 3.80. The van der Waals surface area contributed by atoms with Crippen molar-refractivity contribution < 1.29 is 8.78 Å². The predicted octanol–water partition coefficient (Wildman–Crippen LogP) is 2.50. The van der Waals surface area contributed by atoms with Crippen molar-refractivity contribution in [2.45, 2.75) is 32.4 Å². The molecule has 0 saturated carbocycles. The van der Waals surface area contributed by atoms with Crippen LogP contribution in [0, 0.1) is 11.6 Å². The van der Waals surface area contributed by atoms with Gasteiger partial charge in [0.2, 0.25) is 0 Å². The van der Waals surface area contributed by atoms with Gasteiger partial charge in [0.1, 0.15) is 23.1 Å². The number of halogens is 2. The molecule has 1 aromatic heterocycles. The zero-order valence-electron chi connectivity index (χ0n) is 10.4. The largest absolute Gasteiger partial charge is 0.373 e. The van der Waals surface area contributed by atoms with Gasteiger partial charge in [0.15, 0.2) is 5.82 Å². The van der Waals surface area contributed by atoms with Gasteiger partial charge in [0.05, 0.1) is 6.54 Å². The van der Waals surface area contributed by atoms with E-state index in [9.17, 15) is 8.78 Å². The molecule has 100 valence electrons. The van der Waals surface area contributed by atoms with Crippen LogP contribution in [-0.4, -0.2) is 14.8 Å². The lowest BCUT2D eigenvalue weighted by atomic mass is 10.2. The van der Waals surface area contributed by atoms with Crippen LogP contribution < -0.4 is 5.32 Å². The first-order valence-corrected chi connectivity index (χ1v) is 6.34. The lowest BCUT2D eigenvalue weighted by Crippen LogP contribution is -2.15. The zero-order valence-corrected chi connectivity index (χ0v) is 10.4. The Balaban J connectivity index is 1.78. The van der Waals surface area contributed by atoms with Crippen molar-refractivity contribution in [2.24, 2.45) is 0 Å². The average Bonchev–Trinajstić information content (AvgIpc) is 2.82. The molecule has 1 aliphatic rings. The molecule has 1 aromatic carbocycles. The van der Waals surface area contributed by atoms with E-state index in [-0.39, 0.29) is 12.2 Å². The maximum atomic E-state index is 13.5. The van der Waals surface area contributed by atoms with Gasteiger partial charge in [0, 0.05) is 13.0 Å². The smallest absolute Gasteiger partial charge is 0.152 e. The number of nitrogens with one attached hydrogen (secondary N) is 1. The van der Waals surface area contributed by atoms with E-state index in [1.165, 1.54) is 18.2 Å². The van der Waals surface area contributed by atoms with Gasteiger partial charge in [-0.3, -0.25) is 0 Å². The number of aromatic nitrogens is 3. The van der Waals surface area contributed by atoms with Crippen LogP contribution in [0.5, 0.6) is 0 Å². The van der Waals surface area contributed by atoms with E-state index in [0.29, 0.717) is 0 Å². The number of anilines is 1. The number of hydrogen-bond acceptors (Lipinski definition) is 3. The number of rotatable bonds is 3. The minimum atomic E-state index is -0.599. The highest BCUT2D eigenvalue weighted by molar-refractivity contribution is 5.46. The standard InChI is InChI=1S/C13H14F2N4/c14-9-4-3-5-10(15)13(9)16-8-12-18-17-11-6-1-2-7-19(11)12/h3-5,16H,1-2,6-8H2. The molecule has 0 aliphatic carbocycles. The normalized spacial score (nSPS) is 14.2. The fraction of sp³-hybridized carbons (Fsp3) is 0.385. The fourth-order valence-electron chi connectivity index (χ4n) is 2.33. The molecule has 0 radical (unpaired) electrons. The third kappa shape index (κ3) is 2.30. The van der Waals surface area contributed by atoms with Gasteiger partial charge in [-0.1, -0.05) is 6.07 Å². The third-order valence-corrected chi connectivity index (χ3v) is 3.32. The van der Waals surface area contributed by atoms with E-state index in [2.05, 4.69) is 15.5 Å². The summed E-state index contributed by atoms with van der Waals surface area (Å²) < 4.78 is 29.0. The highest BCUT2D eigenvalue weighted by atomic mass is 19.1. The molecule has 0 spiro atoms. The van der Waals surface area contributed by atoms with Crippen molar-refractivity contribution in [2.75, 3.05) is 5.32 Å². The number of nitrogens with zero attached hydrogens (tertiary/aromatic N) is 3. The van der Waals surface area contributed by atoms with Gasteiger partial charge in [-0.25, -0.2) is 8.78 Å². The molecule has 19 heavy (non-hydrogen) atoms. The van der Waals surface area contributed by atoms with Crippen LogP contribution in [0.4, 0.5) is 14.5 Å². The molecule has 1 aliphatic heterocycles. The molecule has 0 unspecified atom stereocenters. The molecule has 0 saturated heterocycles. The quantitative estimate of drug-likeness (QED) is 0.926. The maximum Gasteiger partial charge on any atom is 0.152 e. The van der Waals surface area contributed by atoms with Gasteiger partial charge in [-0.05, 0) is 25.0 Å². The number of para-hydroxylation sites is 1. The monoisotopic (exact) mass is 264 g/mol. The molecule has 6 heteroatoms. The van der Waals surface area contributed by atoms with Crippen molar-refractivity contribution in [1.82, 2.24) is 14.8 Å². The van der Waals surface area contributed by atoms with Crippen molar-refractivity contribution >= 4 is 5.69 Å². The SMILES string of the molecule is Fc1cccc(F)c1NCc1nnc2n1CCCC2. The summed E-state index contributed by atoms with van der Waals surface area (Å²) >= 11 is 0. The van der Waals surface area contributed by atoms with Gasteiger partial charge < -0.3 is 9.88 Å². The van der Waals surface area contributed by atoms with Crippen LogP contribution in [0.3, 0.4) is 0 Å². The zero-order chi connectivity index (χ0) is 13.2. The summed E-state index contributed by atoms with van der Waals surface area (Å²) in [5, 5.41) is 10.9. The van der Waals surface area contributed by atoms with Crippen LogP contribution in [0.25, 0.3) is 0 Å². The second-order valence-corrected chi connectivity index (χ2v) is 4.59. The number of benzene rings is 1. The number of aryl methyl sites for hydroxylation is 1. The molecule has 0 bridgehead atoms. The number of hydrogen-bond donors (Lipinski definition) is 1. The molecule has 2 heterocycles. The Morgan fingerprint density at radius 3 is 2.74 bits per heavy atom. The molecule has 0 atom stereocenters. The van der Waals surface area contributed by atoms with Crippen LogP contribution in [0.2, 0.25) is 0 Å². The summed E-state index contributed by atoms with van der Waals surface area (Å²) in [4.78, 5) is 0.